The van der Waals surface area contributed by atoms with Crippen molar-refractivity contribution in [2.45, 2.75) is 18.9 Å². The van der Waals surface area contributed by atoms with E-state index in [0.29, 0.717) is 12.3 Å². The second kappa shape index (κ2) is 10.6. The molecule has 4 rings (SSSR count). The highest BCUT2D eigenvalue weighted by Crippen LogP contribution is 2.29. The van der Waals surface area contributed by atoms with E-state index in [0.717, 1.165) is 40.9 Å². The molecule has 0 aliphatic carbocycles. The lowest BCUT2D eigenvalue weighted by molar-refractivity contribution is -0.273. The van der Waals surface area contributed by atoms with Gasteiger partial charge in [-0.15, -0.1) is 12.4 Å². The highest BCUT2D eigenvalue weighted by Gasteiger charge is 2.19. The Morgan fingerprint density at radius 1 is 0.897 bits per heavy atom. The Hall–Kier alpha value is -2.93. The number of nitrogen functional groups attached to an aromatic ring is 3. The lowest BCUT2D eigenvalue weighted by atomic mass is 10.0. The van der Waals surface area contributed by atoms with Crippen molar-refractivity contribution < 1.29 is 14.9 Å². The molecule has 0 aromatic heterocycles. The second-order valence-electron chi connectivity index (χ2n) is 6.59. The summed E-state index contributed by atoms with van der Waals surface area (Å²) in [7, 11) is 0. The Morgan fingerprint density at radius 2 is 1.59 bits per heavy atom. The zero-order valence-corrected chi connectivity index (χ0v) is 16.8. The Kier molecular flexibility index (Phi) is 8.15. The van der Waals surface area contributed by atoms with Crippen LogP contribution in [0.2, 0.25) is 0 Å². The van der Waals surface area contributed by atoms with Gasteiger partial charge in [0, 0.05) is 41.0 Å². The van der Waals surface area contributed by atoms with Gasteiger partial charge in [-0.2, -0.15) is 0 Å². The summed E-state index contributed by atoms with van der Waals surface area (Å²) in [6, 6.07) is 20.2. The first kappa shape index (κ1) is 22.4. The first-order valence-corrected chi connectivity index (χ1v) is 9.09. The molecule has 1 heterocycles. The molecule has 0 radical (unpaired) electrons. The lowest BCUT2D eigenvalue weighted by Gasteiger charge is -2.11. The van der Waals surface area contributed by atoms with Crippen LogP contribution >= 0.6 is 12.4 Å². The van der Waals surface area contributed by atoms with Gasteiger partial charge in [0.2, 0.25) is 0 Å². The highest BCUT2D eigenvalue weighted by molar-refractivity contribution is 5.85. The third-order valence-corrected chi connectivity index (χ3v) is 4.51. The molecule has 154 valence electrons. The van der Waals surface area contributed by atoms with Gasteiger partial charge in [-0.25, -0.2) is 9.78 Å². The molecule has 6 nitrogen and oxygen atoms in total. The zero-order valence-electron chi connectivity index (χ0n) is 16.0. The van der Waals surface area contributed by atoms with E-state index in [4.69, 9.17) is 27.0 Å². The minimum absolute atomic E-state index is 0. The molecular formula is C22H26ClN3O3. The fourth-order valence-corrected chi connectivity index (χ4v) is 3.02. The van der Waals surface area contributed by atoms with Gasteiger partial charge in [-0.1, -0.05) is 36.4 Å². The fourth-order valence-electron chi connectivity index (χ4n) is 3.02. The molecule has 1 fully saturated rings. The number of anilines is 3. The molecule has 1 aliphatic heterocycles. The SMILES string of the molecule is Cl.Nc1cccc(-c2ccccc2O)c1.Nc1cccc(N)c1CC1CCOO1. The molecule has 1 aliphatic rings. The standard InChI is InChI=1S/C12H11NO.C10H14N2O2.ClH/c13-10-5-3-4-9(8-10)11-6-1-2-7-12(11)14;11-9-2-1-3-10(12)8(9)6-7-4-5-13-14-7;/h1-8,14H,13H2;1-3,7H,4-6,11-12H2;1H. The lowest BCUT2D eigenvalue weighted by Crippen LogP contribution is -2.12. The third kappa shape index (κ3) is 6.02. The van der Waals surface area contributed by atoms with Gasteiger partial charge < -0.3 is 22.3 Å². The fraction of sp³-hybridized carbons (Fsp3) is 0.182. The smallest absolute Gasteiger partial charge is 0.123 e. The summed E-state index contributed by atoms with van der Waals surface area (Å²) in [5.74, 6) is 0.276. The molecule has 1 unspecified atom stereocenters. The first-order valence-electron chi connectivity index (χ1n) is 9.09. The number of benzene rings is 3. The van der Waals surface area contributed by atoms with E-state index in [1.165, 1.54) is 0 Å². The Balaban J connectivity index is 0.000000200. The molecule has 29 heavy (non-hydrogen) atoms. The molecule has 7 heteroatoms. The van der Waals surface area contributed by atoms with Gasteiger partial charge in [0.05, 0.1) is 12.7 Å². The van der Waals surface area contributed by atoms with Gasteiger partial charge in [-0.05, 0) is 35.9 Å². The summed E-state index contributed by atoms with van der Waals surface area (Å²) in [6.45, 7) is 0.650. The van der Waals surface area contributed by atoms with Crippen LogP contribution in [-0.2, 0) is 16.2 Å². The van der Waals surface area contributed by atoms with Gasteiger partial charge in [0.15, 0.2) is 0 Å². The van der Waals surface area contributed by atoms with Crippen molar-refractivity contribution in [3.8, 4) is 16.9 Å². The van der Waals surface area contributed by atoms with Crippen LogP contribution in [-0.4, -0.2) is 17.8 Å². The number of aromatic hydroxyl groups is 1. The molecule has 0 saturated carbocycles. The molecular weight excluding hydrogens is 390 g/mol. The van der Waals surface area contributed by atoms with Crippen LogP contribution in [0, 0.1) is 0 Å². The van der Waals surface area contributed by atoms with Gasteiger partial charge in [0.25, 0.3) is 0 Å². The van der Waals surface area contributed by atoms with Crippen molar-refractivity contribution in [3.63, 3.8) is 0 Å². The number of rotatable bonds is 3. The van der Waals surface area contributed by atoms with E-state index in [2.05, 4.69) is 0 Å². The van der Waals surface area contributed by atoms with Crippen molar-refractivity contribution >= 4 is 29.5 Å². The minimum Gasteiger partial charge on any atom is -0.507 e. The van der Waals surface area contributed by atoms with E-state index in [1.807, 2.05) is 54.6 Å². The predicted molar refractivity (Wildman–Crippen MR) is 120 cm³/mol. The molecule has 1 saturated heterocycles. The average Bonchev–Trinajstić information content (AvgIpc) is 3.19. The van der Waals surface area contributed by atoms with Crippen LogP contribution in [0.4, 0.5) is 17.1 Å². The van der Waals surface area contributed by atoms with Crippen LogP contribution in [0.15, 0.2) is 66.7 Å². The zero-order chi connectivity index (χ0) is 19.9. The predicted octanol–water partition coefficient (Wildman–Crippen LogP) is 4.18. The summed E-state index contributed by atoms with van der Waals surface area (Å²) in [6.07, 6.45) is 1.70. The van der Waals surface area contributed by atoms with Crippen LogP contribution in [0.3, 0.4) is 0 Å². The van der Waals surface area contributed by atoms with E-state index < -0.39 is 0 Å². The van der Waals surface area contributed by atoms with Crippen molar-refractivity contribution in [1.82, 2.24) is 0 Å². The van der Waals surface area contributed by atoms with Crippen molar-refractivity contribution in [1.29, 1.82) is 0 Å². The Labute approximate surface area is 176 Å². The summed E-state index contributed by atoms with van der Waals surface area (Å²) < 4.78 is 0. The first-order chi connectivity index (χ1) is 13.5. The number of phenols is 1. The number of para-hydroxylation sites is 1. The summed E-state index contributed by atoms with van der Waals surface area (Å²) in [5.41, 5.74) is 22.2. The maximum absolute atomic E-state index is 9.61. The van der Waals surface area contributed by atoms with E-state index >= 15 is 0 Å². The van der Waals surface area contributed by atoms with E-state index in [9.17, 15) is 5.11 Å². The number of halogens is 1. The van der Waals surface area contributed by atoms with Crippen LogP contribution in [0.5, 0.6) is 5.75 Å². The average molecular weight is 416 g/mol. The summed E-state index contributed by atoms with van der Waals surface area (Å²) >= 11 is 0. The third-order valence-electron chi connectivity index (χ3n) is 4.51. The van der Waals surface area contributed by atoms with Crippen molar-refractivity contribution in [3.05, 3.63) is 72.3 Å². The van der Waals surface area contributed by atoms with Crippen LogP contribution in [0.1, 0.15) is 12.0 Å². The number of phenolic OH excluding ortho intramolecular Hbond substituents is 1. The number of hydrogen-bond donors (Lipinski definition) is 4. The monoisotopic (exact) mass is 415 g/mol. The molecule has 3 aromatic rings. The van der Waals surface area contributed by atoms with Crippen LogP contribution < -0.4 is 17.2 Å². The largest absolute Gasteiger partial charge is 0.507 e. The molecule has 0 spiro atoms. The Bertz CT molecular complexity index is 910. The Morgan fingerprint density at radius 3 is 2.21 bits per heavy atom. The highest BCUT2D eigenvalue weighted by atomic mass is 35.5. The number of nitrogens with two attached hydrogens (primary N) is 3. The number of hydrogen-bond acceptors (Lipinski definition) is 6. The minimum atomic E-state index is 0. The van der Waals surface area contributed by atoms with Gasteiger partial charge >= 0.3 is 0 Å². The summed E-state index contributed by atoms with van der Waals surface area (Å²) in [4.78, 5) is 9.88. The molecule has 0 bridgehead atoms. The van der Waals surface area contributed by atoms with Gasteiger partial charge in [-0.3, -0.25) is 0 Å². The maximum atomic E-state index is 9.61. The van der Waals surface area contributed by atoms with Crippen LogP contribution in [0.25, 0.3) is 11.1 Å². The molecule has 3 aromatic carbocycles. The second-order valence-corrected chi connectivity index (χ2v) is 6.59. The quantitative estimate of drug-likeness (QED) is 0.376. The summed E-state index contributed by atoms with van der Waals surface area (Å²) in [5, 5.41) is 9.61. The van der Waals surface area contributed by atoms with E-state index in [1.54, 1.807) is 12.1 Å². The van der Waals surface area contributed by atoms with Gasteiger partial charge in [0.1, 0.15) is 5.75 Å². The molecule has 1 atom stereocenters. The molecule has 7 N–H and O–H groups in total. The maximum Gasteiger partial charge on any atom is 0.123 e. The van der Waals surface area contributed by atoms with Crippen molar-refractivity contribution in [2.75, 3.05) is 23.8 Å². The topological polar surface area (TPSA) is 117 Å². The van der Waals surface area contributed by atoms with Crippen molar-refractivity contribution in [2.24, 2.45) is 0 Å². The molecule has 0 amide bonds. The van der Waals surface area contributed by atoms with E-state index in [-0.39, 0.29) is 24.3 Å². The normalized spacial score (nSPS) is 15.1.